The maximum absolute atomic E-state index is 13.1. The molecule has 7 heteroatoms. The molecule has 1 fully saturated rings. The molecule has 0 aliphatic carbocycles. The highest BCUT2D eigenvalue weighted by Gasteiger charge is 2.35. The maximum Gasteiger partial charge on any atom is 0.254 e. The summed E-state index contributed by atoms with van der Waals surface area (Å²) >= 11 is 0. The van der Waals surface area contributed by atoms with Gasteiger partial charge in [-0.15, -0.1) is 0 Å². The Morgan fingerprint density at radius 3 is 2.64 bits per heavy atom. The van der Waals surface area contributed by atoms with Crippen LogP contribution < -0.4 is 9.47 Å². The van der Waals surface area contributed by atoms with Gasteiger partial charge in [0.1, 0.15) is 6.04 Å². The molecule has 7 nitrogen and oxygen atoms in total. The van der Waals surface area contributed by atoms with E-state index < -0.39 is 0 Å². The molecule has 0 bridgehead atoms. The molecule has 2 heterocycles. The summed E-state index contributed by atoms with van der Waals surface area (Å²) in [6, 6.07) is 14.6. The molecule has 144 valence electrons. The minimum atomic E-state index is -0.231. The summed E-state index contributed by atoms with van der Waals surface area (Å²) in [6.45, 7) is 0.640. The molecular formula is C21H21N3O4. The highest BCUT2D eigenvalue weighted by Crippen LogP contribution is 2.35. The molecule has 4 rings (SSSR count). The first-order chi connectivity index (χ1) is 13.7. The second-order valence-corrected chi connectivity index (χ2v) is 6.55. The number of hydrogen-bond acceptors (Lipinski definition) is 6. The van der Waals surface area contributed by atoms with Gasteiger partial charge in [-0.3, -0.25) is 4.79 Å². The normalized spacial score (nSPS) is 16.2. The quantitative estimate of drug-likeness (QED) is 0.672. The standard InChI is InChI=1S/C21H21N3O4/c1-26-17-11-10-15(13-18(17)27-2)21(25)24-12-6-9-16(24)20-22-19(23-28-20)14-7-4-3-5-8-14/h3-5,7-8,10-11,13,16H,6,9,12H2,1-2H3/t16-/m1/s1. The Labute approximate surface area is 162 Å². The van der Waals surface area contributed by atoms with Crippen molar-refractivity contribution in [2.75, 3.05) is 20.8 Å². The van der Waals surface area contributed by atoms with Crippen LogP contribution >= 0.6 is 0 Å². The van der Waals surface area contributed by atoms with Gasteiger partial charge in [-0.25, -0.2) is 0 Å². The van der Waals surface area contributed by atoms with Crippen LogP contribution in [-0.4, -0.2) is 41.7 Å². The van der Waals surface area contributed by atoms with E-state index >= 15 is 0 Å². The molecule has 0 spiro atoms. The first-order valence-electron chi connectivity index (χ1n) is 9.13. The zero-order chi connectivity index (χ0) is 19.5. The summed E-state index contributed by atoms with van der Waals surface area (Å²) in [5, 5.41) is 4.09. The molecule has 1 amide bonds. The first kappa shape index (κ1) is 18.0. The molecule has 1 atom stereocenters. The minimum absolute atomic E-state index is 0.0945. The van der Waals surface area contributed by atoms with Crippen molar-refractivity contribution in [1.82, 2.24) is 15.0 Å². The van der Waals surface area contributed by atoms with Crippen LogP contribution in [-0.2, 0) is 0 Å². The fourth-order valence-electron chi connectivity index (χ4n) is 3.48. The molecule has 1 aliphatic rings. The van der Waals surface area contributed by atoms with Crippen molar-refractivity contribution in [2.24, 2.45) is 0 Å². The number of rotatable bonds is 5. The number of benzene rings is 2. The lowest BCUT2D eigenvalue weighted by molar-refractivity contribution is 0.0709. The zero-order valence-electron chi connectivity index (χ0n) is 15.8. The third-order valence-corrected chi connectivity index (χ3v) is 4.90. The van der Waals surface area contributed by atoms with Crippen LogP contribution in [0.2, 0.25) is 0 Å². The van der Waals surface area contributed by atoms with Crippen LogP contribution in [0.25, 0.3) is 11.4 Å². The van der Waals surface area contributed by atoms with Gasteiger partial charge < -0.3 is 18.9 Å². The summed E-state index contributed by atoms with van der Waals surface area (Å²) in [5.41, 5.74) is 1.42. The lowest BCUT2D eigenvalue weighted by atomic mass is 10.1. The Morgan fingerprint density at radius 2 is 1.89 bits per heavy atom. The fourth-order valence-corrected chi connectivity index (χ4v) is 3.48. The molecule has 0 N–H and O–H groups in total. The van der Waals surface area contributed by atoms with Crippen LogP contribution in [0.3, 0.4) is 0 Å². The van der Waals surface area contributed by atoms with Crippen LogP contribution in [0, 0.1) is 0 Å². The molecule has 0 radical (unpaired) electrons. The van der Waals surface area contributed by atoms with Gasteiger partial charge in [-0.05, 0) is 31.0 Å². The number of likely N-dealkylation sites (tertiary alicyclic amines) is 1. The fraction of sp³-hybridized carbons (Fsp3) is 0.286. The monoisotopic (exact) mass is 379 g/mol. The summed E-state index contributed by atoms with van der Waals surface area (Å²) < 4.78 is 16.1. The second-order valence-electron chi connectivity index (χ2n) is 6.55. The Morgan fingerprint density at radius 1 is 1.11 bits per heavy atom. The largest absolute Gasteiger partial charge is 0.493 e. The van der Waals surface area contributed by atoms with Gasteiger partial charge in [0, 0.05) is 17.7 Å². The van der Waals surface area contributed by atoms with E-state index in [-0.39, 0.29) is 11.9 Å². The first-order valence-corrected chi connectivity index (χ1v) is 9.13. The van der Waals surface area contributed by atoms with Gasteiger partial charge in [-0.1, -0.05) is 35.5 Å². The maximum atomic E-state index is 13.1. The van der Waals surface area contributed by atoms with Gasteiger partial charge in [-0.2, -0.15) is 4.98 Å². The summed E-state index contributed by atoms with van der Waals surface area (Å²) in [5.74, 6) is 2.00. The van der Waals surface area contributed by atoms with Crippen molar-refractivity contribution in [3.05, 3.63) is 60.0 Å². The Bertz CT molecular complexity index is 971. The van der Waals surface area contributed by atoms with Crippen molar-refractivity contribution in [2.45, 2.75) is 18.9 Å². The summed E-state index contributed by atoms with van der Waals surface area (Å²) in [4.78, 5) is 19.4. The third kappa shape index (κ3) is 3.31. The highest BCUT2D eigenvalue weighted by atomic mass is 16.5. The number of ether oxygens (including phenoxy) is 2. The van der Waals surface area contributed by atoms with E-state index in [1.54, 1.807) is 37.3 Å². The molecule has 3 aromatic rings. The number of methoxy groups -OCH3 is 2. The van der Waals surface area contributed by atoms with Gasteiger partial charge in [0.25, 0.3) is 5.91 Å². The number of aromatic nitrogens is 2. The molecule has 1 saturated heterocycles. The van der Waals surface area contributed by atoms with Crippen LogP contribution in [0.4, 0.5) is 0 Å². The van der Waals surface area contributed by atoms with Gasteiger partial charge in [0.2, 0.25) is 11.7 Å². The smallest absolute Gasteiger partial charge is 0.254 e. The SMILES string of the molecule is COc1ccc(C(=O)N2CCC[C@@H]2c2nc(-c3ccccc3)no2)cc1OC. The van der Waals surface area contributed by atoms with E-state index in [1.807, 2.05) is 30.3 Å². The molecular weight excluding hydrogens is 358 g/mol. The highest BCUT2D eigenvalue weighted by molar-refractivity contribution is 5.95. The van der Waals surface area contributed by atoms with Crippen LogP contribution in [0.5, 0.6) is 11.5 Å². The van der Waals surface area contributed by atoms with Crippen molar-refractivity contribution in [3.8, 4) is 22.9 Å². The van der Waals surface area contributed by atoms with E-state index in [2.05, 4.69) is 10.1 Å². The molecule has 1 aromatic heterocycles. The molecule has 28 heavy (non-hydrogen) atoms. The van der Waals surface area contributed by atoms with E-state index in [0.717, 1.165) is 18.4 Å². The average molecular weight is 379 g/mol. The van der Waals surface area contributed by atoms with E-state index in [9.17, 15) is 4.79 Å². The Hall–Kier alpha value is -3.35. The zero-order valence-corrected chi connectivity index (χ0v) is 15.8. The van der Waals surface area contributed by atoms with Crippen molar-refractivity contribution >= 4 is 5.91 Å². The van der Waals surface area contributed by atoms with Crippen molar-refractivity contribution < 1.29 is 18.8 Å². The molecule has 1 aliphatic heterocycles. The van der Waals surface area contributed by atoms with E-state index in [1.165, 1.54) is 0 Å². The average Bonchev–Trinajstić information content (AvgIpc) is 3.42. The van der Waals surface area contributed by atoms with Crippen molar-refractivity contribution in [3.63, 3.8) is 0 Å². The van der Waals surface area contributed by atoms with E-state index in [4.69, 9.17) is 14.0 Å². The summed E-state index contributed by atoms with van der Waals surface area (Å²) in [7, 11) is 3.12. The topological polar surface area (TPSA) is 77.7 Å². The molecule has 0 unspecified atom stereocenters. The van der Waals surface area contributed by atoms with E-state index in [0.29, 0.717) is 35.3 Å². The van der Waals surface area contributed by atoms with Crippen LogP contribution in [0.15, 0.2) is 53.1 Å². The predicted molar refractivity (Wildman–Crippen MR) is 102 cm³/mol. The van der Waals surface area contributed by atoms with Crippen LogP contribution in [0.1, 0.15) is 35.1 Å². The van der Waals surface area contributed by atoms with Gasteiger partial charge in [0.05, 0.1) is 14.2 Å². The summed E-state index contributed by atoms with van der Waals surface area (Å²) in [6.07, 6.45) is 1.67. The number of hydrogen-bond donors (Lipinski definition) is 0. The van der Waals surface area contributed by atoms with Gasteiger partial charge >= 0.3 is 0 Å². The number of nitrogens with zero attached hydrogens (tertiary/aromatic N) is 3. The molecule has 0 saturated carbocycles. The number of carbonyl (C=O) groups excluding carboxylic acids is 1. The Kier molecular flexibility index (Phi) is 4.97. The third-order valence-electron chi connectivity index (χ3n) is 4.90. The predicted octanol–water partition coefficient (Wildman–Crippen LogP) is 3.73. The number of carbonyl (C=O) groups is 1. The number of amides is 1. The minimum Gasteiger partial charge on any atom is -0.493 e. The lowest BCUT2D eigenvalue weighted by Crippen LogP contribution is -2.30. The Balaban J connectivity index is 1.59. The lowest BCUT2D eigenvalue weighted by Gasteiger charge is -2.22. The molecule has 2 aromatic carbocycles. The second kappa shape index (κ2) is 7.72. The van der Waals surface area contributed by atoms with Gasteiger partial charge in [0.15, 0.2) is 11.5 Å². The van der Waals surface area contributed by atoms with Crippen molar-refractivity contribution in [1.29, 1.82) is 0 Å².